The number of hydrogen-bond acceptors (Lipinski definition) is 4. The molecule has 0 aliphatic heterocycles. The van der Waals surface area contributed by atoms with E-state index < -0.39 is 18.0 Å². The Hall–Kier alpha value is -3.42. The molecule has 1 unspecified atom stereocenters. The Kier molecular flexibility index (Phi) is 7.00. The third-order valence-electron chi connectivity index (χ3n) is 4.11. The molecule has 3 aromatic rings. The van der Waals surface area contributed by atoms with Crippen molar-refractivity contribution in [2.24, 2.45) is 0 Å². The number of aliphatic hydroxyl groups excluding tert-OH is 1. The molecule has 0 heterocycles. The van der Waals surface area contributed by atoms with E-state index in [1.165, 1.54) is 6.08 Å². The quantitative estimate of drug-likeness (QED) is 0.444. The lowest BCUT2D eigenvalue weighted by Gasteiger charge is -2.12. The van der Waals surface area contributed by atoms with Crippen LogP contribution >= 0.6 is 15.9 Å². The zero-order valence-electron chi connectivity index (χ0n) is 15.7. The van der Waals surface area contributed by atoms with E-state index in [-0.39, 0.29) is 5.70 Å². The molecule has 0 aliphatic carbocycles. The van der Waals surface area contributed by atoms with Gasteiger partial charge in [0, 0.05) is 0 Å². The molecule has 0 saturated carbocycles. The van der Waals surface area contributed by atoms with Crippen LogP contribution in [0.1, 0.15) is 17.2 Å². The third-order valence-corrected chi connectivity index (χ3v) is 4.76. The zero-order chi connectivity index (χ0) is 21.5. The first-order valence-corrected chi connectivity index (χ1v) is 9.74. The molecule has 0 aliphatic rings. The summed E-state index contributed by atoms with van der Waals surface area (Å²) in [6.45, 7) is 0. The molecule has 0 aromatic heterocycles. The Bertz CT molecular complexity index is 1060. The Morgan fingerprint density at radius 3 is 2.20 bits per heavy atom. The van der Waals surface area contributed by atoms with Gasteiger partial charge in [-0.05, 0) is 57.4 Å². The van der Waals surface area contributed by atoms with E-state index in [4.69, 9.17) is 4.74 Å². The van der Waals surface area contributed by atoms with Crippen LogP contribution in [-0.2, 0) is 9.59 Å². The van der Waals surface area contributed by atoms with Crippen LogP contribution in [0, 0.1) is 0 Å². The van der Waals surface area contributed by atoms with Gasteiger partial charge in [0.15, 0.2) is 6.10 Å². The van der Waals surface area contributed by atoms with Crippen LogP contribution in [0.4, 0.5) is 0 Å². The van der Waals surface area contributed by atoms with Gasteiger partial charge in [-0.1, -0.05) is 54.6 Å². The number of amides is 1. The molecule has 0 radical (unpaired) electrons. The van der Waals surface area contributed by atoms with Crippen molar-refractivity contribution < 1.29 is 24.5 Å². The lowest BCUT2D eigenvalue weighted by molar-refractivity contribution is -0.136. The second-order valence-electron chi connectivity index (χ2n) is 6.27. The lowest BCUT2D eigenvalue weighted by Crippen LogP contribution is -2.31. The van der Waals surface area contributed by atoms with Crippen molar-refractivity contribution in [2.75, 3.05) is 0 Å². The lowest BCUT2D eigenvalue weighted by atomic mass is 10.1. The van der Waals surface area contributed by atoms with E-state index in [1.54, 1.807) is 54.6 Å². The largest absolute Gasteiger partial charge is 0.477 e. The second-order valence-corrected chi connectivity index (χ2v) is 7.12. The fourth-order valence-electron chi connectivity index (χ4n) is 2.59. The van der Waals surface area contributed by atoms with Gasteiger partial charge in [-0.3, -0.25) is 4.79 Å². The molecule has 0 fully saturated rings. The molecule has 152 valence electrons. The highest BCUT2D eigenvalue weighted by Gasteiger charge is 2.20. The number of carboxylic acids is 1. The maximum absolute atomic E-state index is 12.2. The average Bonchev–Trinajstić information content (AvgIpc) is 2.76. The molecule has 7 heteroatoms. The van der Waals surface area contributed by atoms with Crippen LogP contribution in [0.2, 0.25) is 0 Å². The molecule has 3 N–H and O–H groups in total. The molecule has 3 rings (SSSR count). The maximum atomic E-state index is 12.2. The summed E-state index contributed by atoms with van der Waals surface area (Å²) in [4.78, 5) is 23.8. The van der Waals surface area contributed by atoms with Crippen molar-refractivity contribution in [3.8, 4) is 11.5 Å². The van der Waals surface area contributed by atoms with Crippen LogP contribution in [-0.4, -0.2) is 22.1 Å². The van der Waals surface area contributed by atoms with E-state index in [1.807, 2.05) is 24.3 Å². The minimum Gasteiger partial charge on any atom is -0.477 e. The summed E-state index contributed by atoms with van der Waals surface area (Å²) in [7, 11) is 0. The van der Waals surface area contributed by atoms with Gasteiger partial charge in [0.25, 0.3) is 5.91 Å². The van der Waals surface area contributed by atoms with Gasteiger partial charge in [-0.25, -0.2) is 4.79 Å². The number of benzene rings is 3. The number of halogens is 1. The second kappa shape index (κ2) is 9.87. The van der Waals surface area contributed by atoms with Crippen LogP contribution in [0.25, 0.3) is 6.08 Å². The monoisotopic (exact) mass is 467 g/mol. The van der Waals surface area contributed by atoms with E-state index >= 15 is 0 Å². The number of ether oxygens (including phenoxy) is 1. The molecule has 0 bridgehead atoms. The fourth-order valence-corrected chi connectivity index (χ4v) is 2.96. The number of aliphatic hydroxyl groups is 1. The summed E-state index contributed by atoms with van der Waals surface area (Å²) in [5, 5.41) is 21.8. The van der Waals surface area contributed by atoms with Crippen LogP contribution in [0.5, 0.6) is 11.5 Å². The van der Waals surface area contributed by atoms with Gasteiger partial charge in [0.05, 0.1) is 4.47 Å². The van der Waals surface area contributed by atoms with Gasteiger partial charge in [-0.2, -0.15) is 0 Å². The third kappa shape index (κ3) is 5.56. The van der Waals surface area contributed by atoms with Gasteiger partial charge in [-0.15, -0.1) is 0 Å². The number of carbonyl (C=O) groups excluding carboxylic acids is 1. The zero-order valence-corrected chi connectivity index (χ0v) is 17.2. The number of hydrogen-bond donors (Lipinski definition) is 3. The standard InChI is InChI=1S/C23H18BrNO5/c24-18-8-4-5-9-20(18)30-17-12-10-15(11-13-17)14-19(23(28)29)25-22(27)21(26)16-6-2-1-3-7-16/h1-14,21,26H,(H,25,27)(H,28,29)/b19-14-. The highest BCUT2D eigenvalue weighted by Crippen LogP contribution is 2.29. The van der Waals surface area contributed by atoms with Crippen molar-refractivity contribution in [3.05, 3.63) is 100 Å². The smallest absolute Gasteiger partial charge is 0.352 e. The number of para-hydroxylation sites is 1. The highest BCUT2D eigenvalue weighted by atomic mass is 79.9. The first kappa shape index (κ1) is 21.3. The summed E-state index contributed by atoms with van der Waals surface area (Å²) in [6, 6.07) is 22.4. The highest BCUT2D eigenvalue weighted by molar-refractivity contribution is 9.10. The minimum absolute atomic E-state index is 0.352. The molecular weight excluding hydrogens is 450 g/mol. The van der Waals surface area contributed by atoms with Crippen molar-refractivity contribution in [1.82, 2.24) is 5.32 Å². The van der Waals surface area contributed by atoms with Crippen molar-refractivity contribution in [3.63, 3.8) is 0 Å². The van der Waals surface area contributed by atoms with E-state index in [2.05, 4.69) is 21.2 Å². The first-order valence-electron chi connectivity index (χ1n) is 8.95. The Morgan fingerprint density at radius 1 is 0.933 bits per heavy atom. The summed E-state index contributed by atoms with van der Waals surface area (Å²) in [5.41, 5.74) is 0.559. The Labute approximate surface area is 181 Å². The molecule has 0 spiro atoms. The average molecular weight is 468 g/mol. The SMILES string of the molecule is O=C(O)/C(=C/c1ccc(Oc2ccccc2Br)cc1)NC(=O)C(O)c1ccccc1. The van der Waals surface area contributed by atoms with Gasteiger partial charge < -0.3 is 20.3 Å². The fraction of sp³-hybridized carbons (Fsp3) is 0.0435. The first-order chi connectivity index (χ1) is 14.4. The maximum Gasteiger partial charge on any atom is 0.352 e. The summed E-state index contributed by atoms with van der Waals surface area (Å²) in [5.74, 6) is -0.936. The molecule has 3 aromatic carbocycles. The summed E-state index contributed by atoms with van der Waals surface area (Å²) < 4.78 is 6.58. The Balaban J connectivity index is 1.73. The number of nitrogens with one attached hydrogen (secondary N) is 1. The molecule has 30 heavy (non-hydrogen) atoms. The topological polar surface area (TPSA) is 95.9 Å². The van der Waals surface area contributed by atoms with Crippen molar-refractivity contribution in [2.45, 2.75) is 6.10 Å². The number of carboxylic acid groups (broad SMARTS) is 1. The summed E-state index contributed by atoms with van der Waals surface area (Å²) in [6.07, 6.45) is -0.172. The van der Waals surface area contributed by atoms with Crippen LogP contribution in [0.15, 0.2) is 89.0 Å². The van der Waals surface area contributed by atoms with E-state index in [0.717, 1.165) is 4.47 Å². The normalized spacial score (nSPS) is 12.1. The predicted molar refractivity (Wildman–Crippen MR) is 116 cm³/mol. The Morgan fingerprint density at radius 2 is 1.57 bits per heavy atom. The molecular formula is C23H18BrNO5. The van der Waals surface area contributed by atoms with Crippen LogP contribution in [0.3, 0.4) is 0 Å². The van der Waals surface area contributed by atoms with Crippen molar-refractivity contribution in [1.29, 1.82) is 0 Å². The summed E-state index contributed by atoms with van der Waals surface area (Å²) >= 11 is 3.41. The van der Waals surface area contributed by atoms with E-state index in [9.17, 15) is 19.8 Å². The molecule has 0 saturated heterocycles. The van der Waals surface area contributed by atoms with E-state index in [0.29, 0.717) is 22.6 Å². The molecule has 1 amide bonds. The predicted octanol–water partition coefficient (Wildman–Crippen LogP) is 4.52. The van der Waals surface area contributed by atoms with Crippen LogP contribution < -0.4 is 10.1 Å². The van der Waals surface area contributed by atoms with Gasteiger partial charge >= 0.3 is 5.97 Å². The van der Waals surface area contributed by atoms with Gasteiger partial charge in [0.1, 0.15) is 17.2 Å². The molecule has 6 nitrogen and oxygen atoms in total. The minimum atomic E-state index is -1.48. The number of rotatable bonds is 7. The van der Waals surface area contributed by atoms with Crippen molar-refractivity contribution >= 4 is 33.9 Å². The number of carbonyl (C=O) groups is 2. The number of aliphatic carboxylic acids is 1. The molecule has 1 atom stereocenters. The van der Waals surface area contributed by atoms with Gasteiger partial charge in [0.2, 0.25) is 0 Å².